The minimum atomic E-state index is 0.877. The monoisotopic (exact) mass is 288 g/mol. The zero-order valence-corrected chi connectivity index (χ0v) is 12.9. The Balaban J connectivity index is 1.69. The number of rotatable bonds is 5. The molecule has 0 aliphatic heterocycles. The van der Waals surface area contributed by atoms with E-state index in [2.05, 4.69) is 60.4 Å². The number of aromatic amines is 1. The Morgan fingerprint density at radius 3 is 2.73 bits per heavy atom. The molecule has 2 heteroatoms. The van der Waals surface area contributed by atoms with E-state index in [9.17, 15) is 0 Å². The molecule has 1 N–H and O–H groups in total. The number of nitrogens with one attached hydrogen (secondary N) is 1. The first-order valence-electron chi connectivity index (χ1n) is 7.50. The van der Waals surface area contributed by atoms with Crippen molar-refractivity contribution in [2.24, 2.45) is 0 Å². The third-order valence-corrected chi connectivity index (χ3v) is 4.03. The number of hydrogen-bond acceptors (Lipinski definition) is 1. The lowest BCUT2D eigenvalue weighted by molar-refractivity contribution is 1.06. The Hall–Kier alpha value is -2.61. The summed E-state index contributed by atoms with van der Waals surface area (Å²) >= 11 is 0. The predicted molar refractivity (Wildman–Crippen MR) is 94.6 cm³/mol. The first-order valence-corrected chi connectivity index (χ1v) is 7.50. The first-order chi connectivity index (χ1) is 10.6. The smallest absolute Gasteiger partial charge is 0.0684 e. The van der Waals surface area contributed by atoms with Crippen molar-refractivity contribution in [1.82, 2.24) is 9.97 Å². The van der Waals surface area contributed by atoms with Gasteiger partial charge in [-0.25, -0.2) is 0 Å². The van der Waals surface area contributed by atoms with Crippen LogP contribution in [-0.2, 0) is 0 Å². The molecule has 22 heavy (non-hydrogen) atoms. The van der Waals surface area contributed by atoms with E-state index in [1.165, 1.54) is 16.5 Å². The SMILES string of the molecule is C=C(CCC(=C)c1ncccc1C)c1ccc2[nH]ccc2c1. The van der Waals surface area contributed by atoms with Gasteiger partial charge in [-0.15, -0.1) is 0 Å². The van der Waals surface area contributed by atoms with Crippen molar-refractivity contribution in [2.75, 3.05) is 0 Å². The number of aryl methyl sites for hydroxylation is 1. The van der Waals surface area contributed by atoms with Gasteiger partial charge in [0.2, 0.25) is 0 Å². The maximum atomic E-state index is 4.43. The van der Waals surface area contributed by atoms with E-state index in [-0.39, 0.29) is 0 Å². The lowest BCUT2D eigenvalue weighted by Crippen LogP contribution is -1.93. The molecule has 1 aromatic carbocycles. The summed E-state index contributed by atoms with van der Waals surface area (Å²) in [4.78, 5) is 7.64. The summed E-state index contributed by atoms with van der Waals surface area (Å²) in [7, 11) is 0. The summed E-state index contributed by atoms with van der Waals surface area (Å²) in [6, 6.07) is 12.5. The molecule has 0 atom stereocenters. The van der Waals surface area contributed by atoms with Gasteiger partial charge in [0.05, 0.1) is 5.69 Å². The van der Waals surface area contributed by atoms with Crippen LogP contribution in [0.1, 0.15) is 29.7 Å². The number of hydrogen-bond donors (Lipinski definition) is 1. The topological polar surface area (TPSA) is 28.7 Å². The van der Waals surface area contributed by atoms with Crippen LogP contribution in [0.4, 0.5) is 0 Å². The molecule has 0 saturated heterocycles. The highest BCUT2D eigenvalue weighted by atomic mass is 14.7. The molecule has 0 spiro atoms. The third-order valence-electron chi connectivity index (χ3n) is 4.03. The van der Waals surface area contributed by atoms with E-state index in [0.717, 1.165) is 35.2 Å². The van der Waals surface area contributed by atoms with Crippen LogP contribution in [0.3, 0.4) is 0 Å². The molecule has 0 saturated carbocycles. The second-order valence-corrected chi connectivity index (χ2v) is 5.66. The van der Waals surface area contributed by atoms with E-state index in [1.807, 2.05) is 18.5 Å². The number of aromatic nitrogens is 2. The van der Waals surface area contributed by atoms with Gasteiger partial charge in [0.1, 0.15) is 0 Å². The summed E-state index contributed by atoms with van der Waals surface area (Å²) in [5, 5.41) is 1.22. The summed E-state index contributed by atoms with van der Waals surface area (Å²) in [5.74, 6) is 0. The molecule has 2 aromatic heterocycles. The van der Waals surface area contributed by atoms with Crippen molar-refractivity contribution in [3.05, 3.63) is 78.8 Å². The first kappa shape index (κ1) is 14.3. The minimum Gasteiger partial charge on any atom is -0.361 e. The molecule has 0 radical (unpaired) electrons. The fourth-order valence-corrected chi connectivity index (χ4v) is 2.69. The van der Waals surface area contributed by atoms with Crippen molar-refractivity contribution >= 4 is 22.0 Å². The molecule has 110 valence electrons. The number of benzene rings is 1. The van der Waals surface area contributed by atoms with Crippen LogP contribution < -0.4 is 0 Å². The van der Waals surface area contributed by atoms with Gasteiger partial charge in [-0.2, -0.15) is 0 Å². The Bertz CT molecular complexity index is 840. The van der Waals surface area contributed by atoms with Gasteiger partial charge in [-0.3, -0.25) is 4.98 Å². The van der Waals surface area contributed by atoms with Gasteiger partial charge in [-0.1, -0.05) is 25.3 Å². The highest BCUT2D eigenvalue weighted by Gasteiger charge is 2.07. The van der Waals surface area contributed by atoms with Crippen molar-refractivity contribution in [2.45, 2.75) is 19.8 Å². The minimum absolute atomic E-state index is 0.877. The van der Waals surface area contributed by atoms with E-state index in [4.69, 9.17) is 0 Å². The Morgan fingerprint density at radius 2 is 1.91 bits per heavy atom. The maximum absolute atomic E-state index is 4.43. The molecule has 0 fully saturated rings. The maximum Gasteiger partial charge on any atom is 0.0684 e. The molecule has 3 rings (SSSR count). The summed E-state index contributed by atoms with van der Waals surface area (Å²) in [6.45, 7) is 10.5. The fraction of sp³-hybridized carbons (Fsp3) is 0.150. The van der Waals surface area contributed by atoms with E-state index in [1.54, 1.807) is 0 Å². The normalized spacial score (nSPS) is 10.8. The molecule has 0 bridgehead atoms. The largest absolute Gasteiger partial charge is 0.361 e. The standard InChI is InChI=1S/C20H20N2/c1-14(17-8-9-19-18(13-17)10-12-21-19)6-7-16(3)20-15(2)5-4-11-22-20/h4-5,8-13,21H,1,3,6-7H2,2H3. The third kappa shape index (κ3) is 2.86. The van der Waals surface area contributed by atoms with Gasteiger partial charge >= 0.3 is 0 Å². The molecule has 0 amide bonds. The Morgan fingerprint density at radius 1 is 1.09 bits per heavy atom. The van der Waals surface area contributed by atoms with Crippen LogP contribution >= 0.6 is 0 Å². The van der Waals surface area contributed by atoms with Crippen LogP contribution in [0.2, 0.25) is 0 Å². The van der Waals surface area contributed by atoms with Crippen LogP contribution in [0.25, 0.3) is 22.0 Å². The molecule has 2 nitrogen and oxygen atoms in total. The van der Waals surface area contributed by atoms with Gasteiger partial charge in [0, 0.05) is 17.9 Å². The number of nitrogens with zero attached hydrogens (tertiary/aromatic N) is 1. The number of pyridine rings is 1. The predicted octanol–water partition coefficient (Wildman–Crippen LogP) is 5.38. The van der Waals surface area contributed by atoms with Crippen LogP contribution in [0, 0.1) is 6.92 Å². The van der Waals surface area contributed by atoms with Gasteiger partial charge in [0.15, 0.2) is 0 Å². The fourth-order valence-electron chi connectivity index (χ4n) is 2.69. The van der Waals surface area contributed by atoms with Gasteiger partial charge < -0.3 is 4.98 Å². The van der Waals surface area contributed by atoms with Crippen molar-refractivity contribution in [3.8, 4) is 0 Å². The molecule has 0 aliphatic carbocycles. The van der Waals surface area contributed by atoms with Gasteiger partial charge in [-0.05, 0) is 71.7 Å². The van der Waals surface area contributed by atoms with E-state index >= 15 is 0 Å². The van der Waals surface area contributed by atoms with E-state index in [0.29, 0.717) is 0 Å². The summed E-state index contributed by atoms with van der Waals surface area (Å²) in [6.07, 6.45) is 5.55. The van der Waals surface area contributed by atoms with Crippen LogP contribution in [0.15, 0.2) is 61.9 Å². The lowest BCUT2D eigenvalue weighted by atomic mass is 9.97. The molecule has 0 unspecified atom stereocenters. The zero-order valence-electron chi connectivity index (χ0n) is 12.9. The second-order valence-electron chi connectivity index (χ2n) is 5.66. The molecule has 2 heterocycles. The molecule has 3 aromatic rings. The van der Waals surface area contributed by atoms with Crippen molar-refractivity contribution in [1.29, 1.82) is 0 Å². The summed E-state index contributed by atoms with van der Waals surface area (Å²) in [5.41, 5.74) is 6.74. The Kier molecular flexibility index (Phi) is 3.92. The average molecular weight is 288 g/mol. The van der Waals surface area contributed by atoms with Crippen molar-refractivity contribution in [3.63, 3.8) is 0 Å². The van der Waals surface area contributed by atoms with Crippen LogP contribution in [0.5, 0.6) is 0 Å². The highest BCUT2D eigenvalue weighted by molar-refractivity contribution is 5.83. The molecular weight excluding hydrogens is 268 g/mol. The van der Waals surface area contributed by atoms with Gasteiger partial charge in [0.25, 0.3) is 0 Å². The second kappa shape index (κ2) is 6.02. The Labute approximate surface area is 131 Å². The lowest BCUT2D eigenvalue weighted by Gasteiger charge is -2.10. The van der Waals surface area contributed by atoms with Crippen LogP contribution in [-0.4, -0.2) is 9.97 Å². The molecule has 0 aliphatic rings. The molecular formula is C20H20N2. The van der Waals surface area contributed by atoms with E-state index < -0.39 is 0 Å². The quantitative estimate of drug-likeness (QED) is 0.671. The number of allylic oxidation sites excluding steroid dienone is 2. The number of H-pyrrole nitrogens is 1. The highest BCUT2D eigenvalue weighted by Crippen LogP contribution is 2.26. The summed E-state index contributed by atoms with van der Waals surface area (Å²) < 4.78 is 0. The van der Waals surface area contributed by atoms with Crippen molar-refractivity contribution < 1.29 is 0 Å². The average Bonchev–Trinajstić information content (AvgIpc) is 3.00. The number of fused-ring (bicyclic) bond motifs is 1. The zero-order chi connectivity index (χ0) is 15.5.